The third-order valence-electron chi connectivity index (χ3n) is 6.03. The Balaban J connectivity index is 1.68. The van der Waals surface area contributed by atoms with Gasteiger partial charge in [0.25, 0.3) is 0 Å². The Morgan fingerprint density at radius 3 is 2.27 bits per heavy atom. The lowest BCUT2D eigenvalue weighted by Crippen LogP contribution is -2.64. The van der Waals surface area contributed by atoms with Crippen LogP contribution in [0, 0.1) is 0 Å². The minimum atomic E-state index is 0.206. The molecule has 2 heterocycles. The molecule has 0 aromatic heterocycles. The molecule has 2 heteroatoms. The lowest BCUT2D eigenvalue weighted by molar-refractivity contribution is 0.218. The Labute approximate surface area is 131 Å². The zero-order valence-corrected chi connectivity index (χ0v) is 13.0. The molecule has 1 aliphatic carbocycles. The van der Waals surface area contributed by atoms with Crippen LogP contribution in [-0.2, 0) is 0 Å². The van der Waals surface area contributed by atoms with Crippen LogP contribution in [0.25, 0.3) is 11.1 Å². The van der Waals surface area contributed by atoms with E-state index in [1.165, 1.54) is 35.1 Å². The van der Waals surface area contributed by atoms with Gasteiger partial charge in [0.1, 0.15) is 0 Å². The summed E-state index contributed by atoms with van der Waals surface area (Å²) < 4.78 is 0. The average molecular weight is 290 g/mol. The van der Waals surface area contributed by atoms with Crippen molar-refractivity contribution in [3.05, 3.63) is 59.7 Å². The smallest absolute Gasteiger partial charge is 0.0358 e. The van der Waals surface area contributed by atoms with Crippen molar-refractivity contribution in [1.29, 1.82) is 0 Å². The molecule has 2 aromatic carbocycles. The zero-order chi connectivity index (χ0) is 14.7. The molecule has 2 fully saturated rings. The second kappa shape index (κ2) is 4.43. The maximum atomic E-state index is 3.89. The summed E-state index contributed by atoms with van der Waals surface area (Å²) in [6.07, 6.45) is 2.58. The lowest BCUT2D eigenvalue weighted by atomic mass is 9.77. The Hall–Kier alpha value is -1.64. The van der Waals surface area contributed by atoms with Crippen LogP contribution in [0.4, 0.5) is 0 Å². The maximum absolute atomic E-state index is 3.89. The first-order chi connectivity index (χ1) is 10.8. The first kappa shape index (κ1) is 12.9. The molecule has 3 unspecified atom stereocenters. The van der Waals surface area contributed by atoms with Gasteiger partial charge in [0.2, 0.25) is 0 Å². The lowest BCUT2D eigenvalue weighted by Gasteiger charge is -2.44. The Kier molecular flexibility index (Phi) is 2.59. The quantitative estimate of drug-likeness (QED) is 0.842. The molecule has 3 aliphatic rings. The molecule has 5 rings (SSSR count). The van der Waals surface area contributed by atoms with Crippen molar-refractivity contribution in [2.24, 2.45) is 0 Å². The van der Waals surface area contributed by atoms with E-state index in [1.807, 2.05) is 0 Å². The predicted molar refractivity (Wildman–Crippen MR) is 90.1 cm³/mol. The van der Waals surface area contributed by atoms with Gasteiger partial charge in [-0.05, 0) is 42.0 Å². The highest BCUT2D eigenvalue weighted by molar-refractivity contribution is 5.79. The fraction of sp³-hybridized carbons (Fsp3) is 0.400. The van der Waals surface area contributed by atoms with E-state index in [0.717, 1.165) is 6.54 Å². The van der Waals surface area contributed by atoms with E-state index in [9.17, 15) is 0 Å². The topological polar surface area (TPSA) is 24.1 Å². The summed E-state index contributed by atoms with van der Waals surface area (Å²) in [5.74, 6) is 0.462. The van der Waals surface area contributed by atoms with E-state index in [0.29, 0.717) is 18.0 Å². The van der Waals surface area contributed by atoms with Crippen LogP contribution in [0.2, 0.25) is 0 Å². The third-order valence-corrected chi connectivity index (χ3v) is 6.03. The SMILES string of the molecule is CC12CCC(CNC1C1c3ccccc3-c3ccccc31)N2. The zero-order valence-electron chi connectivity index (χ0n) is 13.0. The number of hydrogen-bond acceptors (Lipinski definition) is 2. The monoisotopic (exact) mass is 290 g/mol. The van der Waals surface area contributed by atoms with E-state index < -0.39 is 0 Å². The minimum absolute atomic E-state index is 0.206. The van der Waals surface area contributed by atoms with Crippen LogP contribution >= 0.6 is 0 Å². The summed E-state index contributed by atoms with van der Waals surface area (Å²) >= 11 is 0. The van der Waals surface area contributed by atoms with Gasteiger partial charge in [0.05, 0.1) is 0 Å². The molecule has 2 aromatic rings. The Morgan fingerprint density at radius 2 is 1.59 bits per heavy atom. The number of fused-ring (bicyclic) bond motifs is 5. The predicted octanol–water partition coefficient (Wildman–Crippen LogP) is 3.28. The van der Waals surface area contributed by atoms with Crippen molar-refractivity contribution in [2.75, 3.05) is 6.54 Å². The molecule has 22 heavy (non-hydrogen) atoms. The second-order valence-electron chi connectivity index (χ2n) is 7.34. The fourth-order valence-corrected chi connectivity index (χ4v) is 5.02. The van der Waals surface area contributed by atoms with Crippen molar-refractivity contribution in [3.8, 4) is 11.1 Å². The van der Waals surface area contributed by atoms with Crippen molar-refractivity contribution in [3.63, 3.8) is 0 Å². The fourth-order valence-electron chi connectivity index (χ4n) is 5.02. The summed E-state index contributed by atoms with van der Waals surface area (Å²) in [6.45, 7) is 3.51. The molecule has 3 atom stereocenters. The van der Waals surface area contributed by atoms with E-state index in [1.54, 1.807) is 0 Å². The standard InChI is InChI=1S/C20H22N2/c1-20-11-10-13(22-20)12-21-19(20)18-16-8-4-2-6-14(16)15-7-3-5-9-17(15)18/h2-9,13,18-19,21-22H,10-12H2,1H3. The first-order valence-corrected chi connectivity index (χ1v) is 8.46. The van der Waals surface area contributed by atoms with Crippen LogP contribution < -0.4 is 10.6 Å². The third kappa shape index (κ3) is 1.62. The number of benzene rings is 2. The molecule has 2 saturated heterocycles. The molecule has 2 aliphatic heterocycles. The highest BCUT2D eigenvalue weighted by Crippen LogP contribution is 2.49. The van der Waals surface area contributed by atoms with Crippen LogP contribution in [0.3, 0.4) is 0 Å². The molecule has 0 amide bonds. The normalized spacial score (nSPS) is 32.8. The van der Waals surface area contributed by atoms with Gasteiger partial charge in [-0.15, -0.1) is 0 Å². The van der Waals surface area contributed by atoms with E-state index >= 15 is 0 Å². The molecule has 2 bridgehead atoms. The van der Waals surface area contributed by atoms with Crippen LogP contribution in [0.1, 0.15) is 36.8 Å². The number of piperazine rings is 1. The van der Waals surface area contributed by atoms with Gasteiger partial charge in [-0.3, -0.25) is 0 Å². The van der Waals surface area contributed by atoms with Gasteiger partial charge >= 0.3 is 0 Å². The van der Waals surface area contributed by atoms with Gasteiger partial charge in [-0.25, -0.2) is 0 Å². The van der Waals surface area contributed by atoms with Gasteiger partial charge in [0.15, 0.2) is 0 Å². The largest absolute Gasteiger partial charge is 0.310 e. The van der Waals surface area contributed by atoms with E-state index in [2.05, 4.69) is 66.1 Å². The molecule has 2 nitrogen and oxygen atoms in total. The van der Waals surface area contributed by atoms with Gasteiger partial charge in [-0.2, -0.15) is 0 Å². The second-order valence-corrected chi connectivity index (χ2v) is 7.34. The molecule has 0 saturated carbocycles. The van der Waals surface area contributed by atoms with Gasteiger partial charge < -0.3 is 10.6 Å². The molecule has 0 spiro atoms. The van der Waals surface area contributed by atoms with E-state index in [4.69, 9.17) is 0 Å². The Morgan fingerprint density at radius 1 is 0.955 bits per heavy atom. The number of nitrogens with one attached hydrogen (secondary N) is 2. The van der Waals surface area contributed by atoms with Crippen LogP contribution in [-0.4, -0.2) is 24.2 Å². The van der Waals surface area contributed by atoms with Crippen LogP contribution in [0.15, 0.2) is 48.5 Å². The summed E-state index contributed by atoms with van der Waals surface area (Å²) in [5, 5.41) is 7.78. The Bertz CT molecular complexity index is 692. The molecule has 112 valence electrons. The molecule has 2 N–H and O–H groups in total. The number of rotatable bonds is 1. The highest BCUT2D eigenvalue weighted by Gasteiger charge is 2.50. The van der Waals surface area contributed by atoms with Crippen molar-refractivity contribution < 1.29 is 0 Å². The van der Waals surface area contributed by atoms with Crippen molar-refractivity contribution in [2.45, 2.75) is 43.3 Å². The van der Waals surface area contributed by atoms with Gasteiger partial charge in [0, 0.05) is 30.1 Å². The van der Waals surface area contributed by atoms with E-state index in [-0.39, 0.29) is 5.54 Å². The number of hydrogen-bond donors (Lipinski definition) is 2. The summed E-state index contributed by atoms with van der Waals surface area (Å²) in [6, 6.07) is 19.0. The highest BCUT2D eigenvalue weighted by atomic mass is 15.2. The molecule has 0 radical (unpaired) electrons. The molecular weight excluding hydrogens is 268 g/mol. The van der Waals surface area contributed by atoms with Crippen molar-refractivity contribution in [1.82, 2.24) is 10.6 Å². The minimum Gasteiger partial charge on any atom is -0.310 e. The van der Waals surface area contributed by atoms with Crippen LogP contribution in [0.5, 0.6) is 0 Å². The summed E-state index contributed by atoms with van der Waals surface area (Å²) in [4.78, 5) is 0. The first-order valence-electron chi connectivity index (χ1n) is 8.46. The summed E-state index contributed by atoms with van der Waals surface area (Å²) in [7, 11) is 0. The average Bonchev–Trinajstić information content (AvgIpc) is 3.04. The maximum Gasteiger partial charge on any atom is 0.0358 e. The molecular formula is C20H22N2. The summed E-state index contributed by atoms with van der Waals surface area (Å²) in [5.41, 5.74) is 6.05. The van der Waals surface area contributed by atoms with Crippen molar-refractivity contribution >= 4 is 0 Å². The van der Waals surface area contributed by atoms with Gasteiger partial charge in [-0.1, -0.05) is 48.5 Å².